The second kappa shape index (κ2) is 9.83. The van der Waals surface area contributed by atoms with Gasteiger partial charge < -0.3 is 10.2 Å². The molecule has 0 unspecified atom stereocenters. The Kier molecular flexibility index (Phi) is 6.92. The number of sulfonamides is 1. The summed E-state index contributed by atoms with van der Waals surface area (Å²) in [6.45, 7) is 2.23. The van der Waals surface area contributed by atoms with Crippen LogP contribution in [0.5, 0.6) is 0 Å². The highest BCUT2D eigenvalue weighted by atomic mass is 32.2. The third-order valence-corrected chi connectivity index (χ3v) is 7.61. The smallest absolute Gasteiger partial charge is 0.240 e. The fourth-order valence-electron chi connectivity index (χ4n) is 4.39. The number of nitrogens with zero attached hydrogens (tertiary/aromatic N) is 1. The monoisotopic (exact) mass is 441 g/mol. The summed E-state index contributed by atoms with van der Waals surface area (Å²) in [5.41, 5.74) is 4.27. The second-order valence-electron chi connectivity index (χ2n) is 8.43. The molecular weight excluding hydrogens is 410 g/mol. The summed E-state index contributed by atoms with van der Waals surface area (Å²) < 4.78 is 27.8. The first-order valence-corrected chi connectivity index (χ1v) is 12.8. The average Bonchev–Trinajstić information content (AvgIpc) is 2.79. The van der Waals surface area contributed by atoms with Gasteiger partial charge in [-0.05, 0) is 92.5 Å². The van der Waals surface area contributed by atoms with E-state index in [0.29, 0.717) is 0 Å². The highest BCUT2D eigenvalue weighted by molar-refractivity contribution is 7.89. The first-order valence-electron chi connectivity index (χ1n) is 11.3. The molecule has 0 aromatic heterocycles. The summed E-state index contributed by atoms with van der Waals surface area (Å²) in [6.07, 6.45) is 8.02. The molecule has 0 bridgehead atoms. The van der Waals surface area contributed by atoms with Crippen LogP contribution >= 0.6 is 0 Å². The fraction of sp³-hybridized carbons (Fsp3) is 0.458. The third-order valence-electron chi connectivity index (χ3n) is 6.15. The van der Waals surface area contributed by atoms with Crippen molar-refractivity contribution in [1.29, 1.82) is 0 Å². The minimum Gasteiger partial charge on any atom is -0.372 e. The van der Waals surface area contributed by atoms with E-state index in [0.717, 1.165) is 50.0 Å². The van der Waals surface area contributed by atoms with Gasteiger partial charge in [0.1, 0.15) is 0 Å². The van der Waals surface area contributed by atoms with Gasteiger partial charge in [-0.1, -0.05) is 6.07 Å². The fourth-order valence-corrected chi connectivity index (χ4v) is 5.47. The third kappa shape index (κ3) is 5.66. The Labute approximate surface area is 185 Å². The lowest BCUT2D eigenvalue weighted by molar-refractivity contribution is -0.116. The van der Waals surface area contributed by atoms with Crippen molar-refractivity contribution in [2.75, 3.05) is 29.9 Å². The Balaban J connectivity index is 1.27. The Morgan fingerprint density at radius 2 is 1.58 bits per heavy atom. The summed E-state index contributed by atoms with van der Waals surface area (Å²) >= 11 is 0. The first kappa shape index (κ1) is 21.8. The number of nitrogens with one attached hydrogen (secondary N) is 2. The predicted molar refractivity (Wildman–Crippen MR) is 124 cm³/mol. The summed E-state index contributed by atoms with van der Waals surface area (Å²) in [4.78, 5) is 14.9. The van der Waals surface area contributed by atoms with Gasteiger partial charge in [0, 0.05) is 37.4 Å². The van der Waals surface area contributed by atoms with Gasteiger partial charge in [-0.2, -0.15) is 0 Å². The van der Waals surface area contributed by atoms with E-state index >= 15 is 0 Å². The molecule has 0 spiro atoms. The van der Waals surface area contributed by atoms with Gasteiger partial charge in [0.25, 0.3) is 0 Å². The molecule has 1 aliphatic carbocycles. The quantitative estimate of drug-likeness (QED) is 0.684. The van der Waals surface area contributed by atoms with E-state index in [4.69, 9.17) is 0 Å². The van der Waals surface area contributed by atoms with E-state index in [1.807, 2.05) is 30.3 Å². The molecule has 31 heavy (non-hydrogen) atoms. The van der Waals surface area contributed by atoms with Gasteiger partial charge in [-0.25, -0.2) is 13.1 Å². The molecule has 1 heterocycles. The molecule has 166 valence electrons. The van der Waals surface area contributed by atoms with Crippen molar-refractivity contribution in [1.82, 2.24) is 4.72 Å². The Bertz CT molecular complexity index is 1010. The molecule has 2 aromatic carbocycles. The molecular formula is C24H31N3O3S. The number of aryl methyl sites for hydroxylation is 2. The van der Waals surface area contributed by atoms with Crippen LogP contribution in [-0.4, -0.2) is 34.0 Å². The maximum atomic E-state index is 12.6. The maximum Gasteiger partial charge on any atom is 0.240 e. The van der Waals surface area contributed by atoms with Gasteiger partial charge in [-0.3, -0.25) is 4.79 Å². The van der Waals surface area contributed by atoms with Gasteiger partial charge in [0.05, 0.1) is 4.90 Å². The van der Waals surface area contributed by atoms with Crippen LogP contribution in [0.15, 0.2) is 47.4 Å². The van der Waals surface area contributed by atoms with Crippen molar-refractivity contribution in [2.24, 2.45) is 0 Å². The lowest BCUT2D eigenvalue weighted by Crippen LogP contribution is -2.29. The van der Waals surface area contributed by atoms with Gasteiger partial charge in [-0.15, -0.1) is 0 Å². The standard InChI is InChI=1S/C24H31N3O3S/c28-24(26-21-9-11-22(12-10-21)27-16-4-1-5-17-27)14-15-25-31(29,30)23-13-8-19-6-2-3-7-20(19)18-23/h8-13,18,25H,1-7,14-17H2,(H,26,28). The molecule has 1 aliphatic heterocycles. The van der Waals surface area contributed by atoms with Crippen LogP contribution in [0, 0.1) is 0 Å². The number of carbonyl (C=O) groups excluding carboxylic acids is 1. The minimum absolute atomic E-state index is 0.0666. The van der Waals surface area contributed by atoms with Crippen molar-refractivity contribution in [2.45, 2.75) is 56.3 Å². The number of rotatable bonds is 7. The first-order chi connectivity index (χ1) is 15.0. The zero-order valence-electron chi connectivity index (χ0n) is 17.9. The summed E-state index contributed by atoms with van der Waals surface area (Å²) in [5.74, 6) is -0.209. The molecule has 7 heteroatoms. The van der Waals surface area contributed by atoms with E-state index in [-0.39, 0.29) is 23.8 Å². The maximum absolute atomic E-state index is 12.6. The lowest BCUT2D eigenvalue weighted by Gasteiger charge is -2.28. The topological polar surface area (TPSA) is 78.5 Å². The van der Waals surface area contributed by atoms with Crippen LogP contribution in [-0.2, 0) is 27.7 Å². The molecule has 0 saturated carbocycles. The van der Waals surface area contributed by atoms with Gasteiger partial charge in [0.15, 0.2) is 0 Å². The normalized spacial score (nSPS) is 16.6. The largest absolute Gasteiger partial charge is 0.372 e. The number of carbonyl (C=O) groups is 1. The van der Waals surface area contributed by atoms with Crippen molar-refractivity contribution in [3.05, 3.63) is 53.6 Å². The van der Waals surface area contributed by atoms with E-state index in [2.05, 4.69) is 14.9 Å². The second-order valence-corrected chi connectivity index (χ2v) is 10.2. The van der Waals surface area contributed by atoms with Crippen LogP contribution in [0.4, 0.5) is 11.4 Å². The van der Waals surface area contributed by atoms with E-state index in [1.54, 1.807) is 12.1 Å². The molecule has 2 aliphatic rings. The van der Waals surface area contributed by atoms with Crippen molar-refractivity contribution in [3.63, 3.8) is 0 Å². The number of fused-ring (bicyclic) bond motifs is 1. The van der Waals surface area contributed by atoms with Crippen LogP contribution in [0.3, 0.4) is 0 Å². The van der Waals surface area contributed by atoms with Crippen molar-refractivity contribution >= 4 is 27.3 Å². The number of hydrogen-bond acceptors (Lipinski definition) is 4. The summed E-state index contributed by atoms with van der Waals surface area (Å²) in [7, 11) is -3.62. The summed E-state index contributed by atoms with van der Waals surface area (Å²) in [5, 5.41) is 2.85. The van der Waals surface area contributed by atoms with E-state index in [9.17, 15) is 13.2 Å². The SMILES string of the molecule is O=C(CCNS(=O)(=O)c1ccc2c(c1)CCCC2)Nc1ccc(N2CCCCC2)cc1. The van der Waals surface area contributed by atoms with Gasteiger partial charge >= 0.3 is 0 Å². The molecule has 0 radical (unpaired) electrons. The molecule has 2 aromatic rings. The zero-order valence-corrected chi connectivity index (χ0v) is 18.7. The molecule has 2 N–H and O–H groups in total. The summed E-state index contributed by atoms with van der Waals surface area (Å²) in [6, 6.07) is 13.2. The highest BCUT2D eigenvalue weighted by Gasteiger charge is 2.18. The number of hydrogen-bond donors (Lipinski definition) is 2. The highest BCUT2D eigenvalue weighted by Crippen LogP contribution is 2.24. The van der Waals surface area contributed by atoms with Crippen molar-refractivity contribution < 1.29 is 13.2 Å². The Morgan fingerprint density at radius 1 is 0.871 bits per heavy atom. The van der Waals surface area contributed by atoms with Gasteiger partial charge in [0.2, 0.25) is 15.9 Å². The average molecular weight is 442 g/mol. The molecule has 6 nitrogen and oxygen atoms in total. The predicted octanol–water partition coefficient (Wildman–Crippen LogP) is 3.86. The van der Waals surface area contributed by atoms with Crippen LogP contribution in [0.25, 0.3) is 0 Å². The Morgan fingerprint density at radius 3 is 2.32 bits per heavy atom. The van der Waals surface area contributed by atoms with Crippen molar-refractivity contribution in [3.8, 4) is 0 Å². The molecule has 1 amide bonds. The van der Waals surface area contributed by atoms with E-state index < -0.39 is 10.0 Å². The number of piperidine rings is 1. The lowest BCUT2D eigenvalue weighted by atomic mass is 9.92. The molecule has 1 saturated heterocycles. The van der Waals surface area contributed by atoms with Crippen LogP contribution in [0.2, 0.25) is 0 Å². The Hall–Kier alpha value is -2.38. The van der Waals surface area contributed by atoms with E-state index in [1.165, 1.54) is 30.5 Å². The minimum atomic E-state index is -3.62. The molecule has 4 rings (SSSR count). The van der Waals surface area contributed by atoms with Crippen LogP contribution in [0.1, 0.15) is 49.7 Å². The molecule has 1 fully saturated rings. The number of amides is 1. The molecule has 0 atom stereocenters. The zero-order chi connectivity index (χ0) is 21.7. The number of benzene rings is 2. The number of anilines is 2. The van der Waals surface area contributed by atoms with Crippen LogP contribution < -0.4 is 14.9 Å².